The molecule has 2 aromatic rings. The number of hydrogen-bond donors (Lipinski definition) is 10. The van der Waals surface area contributed by atoms with E-state index in [2.05, 4.69) is 10.3 Å². The Morgan fingerprint density at radius 1 is 0.792 bits per heavy atom. The molecule has 2 aliphatic rings. The van der Waals surface area contributed by atoms with Gasteiger partial charge in [0.15, 0.2) is 6.29 Å². The predicted molar refractivity (Wildman–Crippen MR) is 194 cm³/mol. The second-order valence-corrected chi connectivity index (χ2v) is 14.6. The first kappa shape index (κ1) is 43.3. The standard InChI is InChI=1S/C38H62N2O13/c1-23(42)13-11-9-7-5-3-2-4-6-8-10-12-14-30(43)39-18-17-24-20-40-27-16-15-25(19-26(24)27)51-38-36(49)34(47)32(45)29(53-38)22-50-37-35(48)33(46)31(44)28(21-41)52-37/h15-16,19-20,23,28-29,31-38,40-42,44-49H,2-14,17-18,21-22H2,1H3,(H,39,43)/t23?,28?,29?,31-,32-,33+,34+,35?,36?,37+,38+/m1/s1. The zero-order valence-corrected chi connectivity index (χ0v) is 30.8. The van der Waals surface area contributed by atoms with Crippen molar-refractivity contribution in [3.63, 3.8) is 0 Å². The molecule has 4 rings (SSSR count). The smallest absolute Gasteiger partial charge is 0.229 e. The van der Waals surface area contributed by atoms with Crippen molar-refractivity contribution in [1.29, 1.82) is 0 Å². The molecule has 2 fully saturated rings. The molecule has 5 unspecified atom stereocenters. The predicted octanol–water partition coefficient (Wildman–Crippen LogP) is 1.28. The molecule has 15 heteroatoms. The summed E-state index contributed by atoms with van der Waals surface area (Å²) in [6, 6.07) is 5.18. The van der Waals surface area contributed by atoms with E-state index < -0.39 is 74.6 Å². The van der Waals surface area contributed by atoms with Crippen molar-refractivity contribution < 1.29 is 64.6 Å². The van der Waals surface area contributed by atoms with Crippen LogP contribution in [-0.2, 0) is 25.4 Å². The number of hydrogen-bond acceptors (Lipinski definition) is 13. The van der Waals surface area contributed by atoms with Crippen LogP contribution in [0.25, 0.3) is 10.9 Å². The number of aromatic amines is 1. The van der Waals surface area contributed by atoms with Crippen LogP contribution in [0.5, 0.6) is 5.75 Å². The second kappa shape index (κ2) is 22.2. The minimum atomic E-state index is -1.68. The maximum Gasteiger partial charge on any atom is 0.229 e. The monoisotopic (exact) mass is 754 g/mol. The molecule has 0 saturated carbocycles. The van der Waals surface area contributed by atoms with Gasteiger partial charge in [-0.3, -0.25) is 4.79 Å². The molecule has 10 N–H and O–H groups in total. The van der Waals surface area contributed by atoms with Crippen LogP contribution in [0, 0.1) is 0 Å². The highest BCUT2D eigenvalue weighted by atomic mass is 16.7. The van der Waals surface area contributed by atoms with Gasteiger partial charge in [0.2, 0.25) is 12.2 Å². The van der Waals surface area contributed by atoms with E-state index in [0.717, 1.165) is 48.6 Å². The molecule has 0 spiro atoms. The van der Waals surface area contributed by atoms with Crippen LogP contribution < -0.4 is 10.1 Å². The summed E-state index contributed by atoms with van der Waals surface area (Å²) in [5.74, 6) is 0.339. The Kier molecular flexibility index (Phi) is 18.2. The van der Waals surface area contributed by atoms with Crippen LogP contribution in [0.2, 0.25) is 0 Å². The summed E-state index contributed by atoms with van der Waals surface area (Å²) in [5, 5.41) is 84.6. The number of amides is 1. The van der Waals surface area contributed by atoms with Crippen molar-refractivity contribution in [3.05, 3.63) is 30.0 Å². The van der Waals surface area contributed by atoms with E-state index in [1.54, 1.807) is 18.2 Å². The van der Waals surface area contributed by atoms with Gasteiger partial charge >= 0.3 is 0 Å². The maximum absolute atomic E-state index is 12.5. The number of rotatable bonds is 23. The Bertz CT molecular complexity index is 1340. The minimum Gasteiger partial charge on any atom is -0.462 e. The van der Waals surface area contributed by atoms with Gasteiger partial charge in [-0.1, -0.05) is 64.2 Å². The van der Waals surface area contributed by atoms with Crippen molar-refractivity contribution in [3.8, 4) is 5.75 Å². The van der Waals surface area contributed by atoms with Crippen LogP contribution in [0.15, 0.2) is 24.4 Å². The molecule has 1 aromatic heterocycles. The summed E-state index contributed by atoms with van der Waals surface area (Å²) in [4.78, 5) is 15.7. The van der Waals surface area contributed by atoms with Crippen LogP contribution in [-0.4, -0.2) is 139 Å². The summed E-state index contributed by atoms with van der Waals surface area (Å²) in [6.45, 7) is 1.19. The Morgan fingerprint density at radius 3 is 2.02 bits per heavy atom. The number of benzene rings is 1. The maximum atomic E-state index is 12.5. The molecule has 15 nitrogen and oxygen atoms in total. The molecular formula is C38H62N2O13. The average molecular weight is 755 g/mol. The molecule has 0 radical (unpaired) electrons. The molecule has 2 saturated heterocycles. The van der Waals surface area contributed by atoms with E-state index in [4.69, 9.17) is 18.9 Å². The van der Waals surface area contributed by atoms with Crippen molar-refractivity contribution >= 4 is 16.8 Å². The largest absolute Gasteiger partial charge is 0.462 e. The fourth-order valence-electron chi connectivity index (χ4n) is 6.86. The SMILES string of the molecule is CC(O)CCCCCCCCCCCCCC(=O)NCCc1c[nH]c2ccc(O[C@H]3OC(CO[C@H]4OC(CO)[C@@H](O)[C@H](O)C4O)[C@@H](O)[C@H](O)C3O)cc12. The second-order valence-electron chi connectivity index (χ2n) is 14.6. The number of ether oxygens (including phenoxy) is 4. The topological polar surface area (TPSA) is 244 Å². The lowest BCUT2D eigenvalue weighted by molar-refractivity contribution is -0.323. The summed E-state index contributed by atoms with van der Waals surface area (Å²) in [7, 11) is 0. The first-order valence-electron chi connectivity index (χ1n) is 19.3. The van der Waals surface area contributed by atoms with Crippen LogP contribution in [0.1, 0.15) is 96.0 Å². The van der Waals surface area contributed by atoms with Gasteiger partial charge in [0.05, 0.1) is 19.3 Å². The van der Waals surface area contributed by atoms with E-state index >= 15 is 0 Å². The van der Waals surface area contributed by atoms with Crippen LogP contribution in [0.4, 0.5) is 0 Å². The van der Waals surface area contributed by atoms with Gasteiger partial charge in [-0.2, -0.15) is 0 Å². The van der Waals surface area contributed by atoms with Crippen molar-refractivity contribution in [1.82, 2.24) is 10.3 Å². The van der Waals surface area contributed by atoms with E-state index in [1.165, 1.54) is 44.9 Å². The highest BCUT2D eigenvalue weighted by Crippen LogP contribution is 2.29. The molecule has 0 bridgehead atoms. The lowest BCUT2D eigenvalue weighted by Gasteiger charge is -2.42. The minimum absolute atomic E-state index is 0.0266. The number of carbonyl (C=O) groups is 1. The molecule has 302 valence electrons. The number of fused-ring (bicyclic) bond motifs is 1. The fraction of sp³-hybridized carbons (Fsp3) is 0.763. The van der Waals surface area contributed by atoms with Crippen molar-refractivity contribution in [2.75, 3.05) is 19.8 Å². The summed E-state index contributed by atoms with van der Waals surface area (Å²) in [6.07, 6.45) is 1.31. The Hall–Kier alpha value is -2.41. The van der Waals surface area contributed by atoms with Crippen molar-refractivity contribution in [2.45, 2.75) is 164 Å². The van der Waals surface area contributed by atoms with Gasteiger partial charge in [0.1, 0.15) is 54.6 Å². The van der Waals surface area contributed by atoms with E-state index in [1.807, 2.05) is 13.1 Å². The summed E-state index contributed by atoms with van der Waals surface area (Å²) in [5.41, 5.74) is 1.77. The third-order valence-corrected chi connectivity index (χ3v) is 10.2. The number of H-pyrrole nitrogens is 1. The first-order chi connectivity index (χ1) is 25.5. The average Bonchev–Trinajstić information content (AvgIpc) is 3.54. The van der Waals surface area contributed by atoms with E-state index in [-0.39, 0.29) is 12.0 Å². The van der Waals surface area contributed by atoms with Gasteiger partial charge in [0.25, 0.3) is 0 Å². The first-order valence-corrected chi connectivity index (χ1v) is 19.3. The summed E-state index contributed by atoms with van der Waals surface area (Å²) < 4.78 is 22.5. The van der Waals surface area contributed by atoms with Gasteiger partial charge in [-0.15, -0.1) is 0 Å². The number of aliphatic hydroxyl groups excluding tert-OH is 8. The Labute approximate surface area is 311 Å². The Balaban J connectivity index is 1.16. The summed E-state index contributed by atoms with van der Waals surface area (Å²) >= 11 is 0. The van der Waals surface area contributed by atoms with Gasteiger partial charge in [-0.05, 0) is 49.9 Å². The van der Waals surface area contributed by atoms with Gasteiger partial charge < -0.3 is 70.1 Å². The number of aromatic nitrogens is 1. The molecule has 1 amide bonds. The zero-order chi connectivity index (χ0) is 38.3. The molecule has 53 heavy (non-hydrogen) atoms. The van der Waals surface area contributed by atoms with E-state index in [9.17, 15) is 45.6 Å². The number of aliphatic hydroxyl groups is 8. The normalized spacial score (nSPS) is 29.7. The lowest BCUT2D eigenvalue weighted by atomic mass is 9.98. The lowest BCUT2D eigenvalue weighted by Crippen LogP contribution is -2.62. The molecule has 3 heterocycles. The third kappa shape index (κ3) is 13.1. The number of carbonyl (C=O) groups excluding carboxylic acids is 1. The molecule has 11 atom stereocenters. The van der Waals surface area contributed by atoms with Crippen LogP contribution >= 0.6 is 0 Å². The highest BCUT2D eigenvalue weighted by molar-refractivity contribution is 5.84. The quantitative estimate of drug-likeness (QED) is 0.0720. The third-order valence-electron chi connectivity index (χ3n) is 10.2. The van der Waals surface area contributed by atoms with Crippen molar-refractivity contribution in [2.24, 2.45) is 0 Å². The van der Waals surface area contributed by atoms with Gasteiger partial charge in [0, 0.05) is 30.1 Å². The fourth-order valence-corrected chi connectivity index (χ4v) is 6.86. The van der Waals surface area contributed by atoms with E-state index in [0.29, 0.717) is 25.1 Å². The van der Waals surface area contributed by atoms with Crippen LogP contribution in [0.3, 0.4) is 0 Å². The van der Waals surface area contributed by atoms with Gasteiger partial charge in [-0.25, -0.2) is 0 Å². The number of unbranched alkanes of at least 4 members (excludes halogenated alkanes) is 10. The number of nitrogens with one attached hydrogen (secondary N) is 2. The molecular weight excluding hydrogens is 692 g/mol. The molecule has 0 aliphatic carbocycles. The zero-order valence-electron chi connectivity index (χ0n) is 30.8. The Morgan fingerprint density at radius 2 is 1.38 bits per heavy atom. The molecule has 2 aliphatic heterocycles. The highest BCUT2D eigenvalue weighted by Gasteiger charge is 2.48. The molecule has 1 aromatic carbocycles.